The highest BCUT2D eigenvalue weighted by molar-refractivity contribution is 6.35. The van der Waals surface area contributed by atoms with Crippen molar-refractivity contribution in [1.82, 2.24) is 4.90 Å². The van der Waals surface area contributed by atoms with Gasteiger partial charge in [0.05, 0.1) is 5.60 Å². The molecule has 1 heterocycles. The lowest BCUT2D eigenvalue weighted by Gasteiger charge is -2.17. The molecule has 0 saturated carbocycles. The molecular weight excluding hydrogens is 285 g/mol. The molecule has 1 fully saturated rings. The zero-order valence-electron chi connectivity index (χ0n) is 10.6. The number of halogens is 2. The van der Waals surface area contributed by atoms with E-state index in [1.54, 1.807) is 36.1 Å². The first-order chi connectivity index (χ1) is 8.87. The Balaban J connectivity index is 2.04. The zero-order valence-corrected chi connectivity index (χ0v) is 12.1. The molecule has 5 heteroatoms. The van der Waals surface area contributed by atoms with Crippen molar-refractivity contribution in [3.05, 3.63) is 39.9 Å². The number of amides is 1. The van der Waals surface area contributed by atoms with Crippen LogP contribution in [0.5, 0.6) is 0 Å². The fourth-order valence-electron chi connectivity index (χ4n) is 2.04. The van der Waals surface area contributed by atoms with Gasteiger partial charge in [-0.05, 0) is 37.1 Å². The highest BCUT2D eigenvalue weighted by atomic mass is 35.5. The van der Waals surface area contributed by atoms with Gasteiger partial charge in [-0.2, -0.15) is 0 Å². The van der Waals surface area contributed by atoms with E-state index < -0.39 is 5.60 Å². The molecule has 0 spiro atoms. The summed E-state index contributed by atoms with van der Waals surface area (Å²) in [6.07, 6.45) is 3.73. The maximum Gasteiger partial charge on any atom is 0.246 e. The maximum atomic E-state index is 11.9. The summed E-state index contributed by atoms with van der Waals surface area (Å²) in [4.78, 5) is 13.6. The molecule has 1 aromatic rings. The van der Waals surface area contributed by atoms with E-state index in [9.17, 15) is 9.90 Å². The fourth-order valence-corrected chi connectivity index (χ4v) is 2.51. The van der Waals surface area contributed by atoms with Crippen LogP contribution in [-0.4, -0.2) is 34.6 Å². The second-order valence-corrected chi connectivity index (χ2v) is 5.85. The maximum absolute atomic E-state index is 11.9. The van der Waals surface area contributed by atoms with Crippen molar-refractivity contribution < 1.29 is 9.90 Å². The Morgan fingerprint density at radius 2 is 2.21 bits per heavy atom. The van der Waals surface area contributed by atoms with Crippen molar-refractivity contribution in [3.63, 3.8) is 0 Å². The minimum absolute atomic E-state index is 0.121. The smallest absolute Gasteiger partial charge is 0.246 e. The van der Waals surface area contributed by atoms with Crippen molar-refractivity contribution in [1.29, 1.82) is 0 Å². The lowest BCUT2D eigenvalue weighted by molar-refractivity contribution is -0.125. The summed E-state index contributed by atoms with van der Waals surface area (Å²) in [5.41, 5.74) is -0.0353. The summed E-state index contributed by atoms with van der Waals surface area (Å²) in [5.74, 6) is -0.121. The first-order valence-corrected chi connectivity index (χ1v) is 6.77. The van der Waals surface area contributed by atoms with E-state index in [-0.39, 0.29) is 5.91 Å². The summed E-state index contributed by atoms with van der Waals surface area (Å²) in [6, 6.07) is 5.11. The molecule has 102 valence electrons. The number of rotatable bonds is 2. The van der Waals surface area contributed by atoms with Crippen LogP contribution in [0.2, 0.25) is 10.0 Å². The summed E-state index contributed by atoms with van der Waals surface area (Å²) in [5, 5.41) is 10.9. The topological polar surface area (TPSA) is 40.5 Å². The third kappa shape index (κ3) is 3.72. The minimum atomic E-state index is -0.776. The van der Waals surface area contributed by atoms with Crippen molar-refractivity contribution in [2.24, 2.45) is 0 Å². The van der Waals surface area contributed by atoms with E-state index in [2.05, 4.69) is 0 Å². The quantitative estimate of drug-likeness (QED) is 0.853. The van der Waals surface area contributed by atoms with Crippen LogP contribution in [0.3, 0.4) is 0 Å². The molecule has 0 bridgehead atoms. The lowest BCUT2D eigenvalue weighted by Crippen LogP contribution is -2.32. The van der Waals surface area contributed by atoms with Gasteiger partial charge in [0.15, 0.2) is 0 Å². The van der Waals surface area contributed by atoms with Gasteiger partial charge in [-0.25, -0.2) is 0 Å². The molecule has 1 aliphatic heterocycles. The number of nitrogens with zero attached hydrogens (tertiary/aromatic N) is 1. The first kappa shape index (κ1) is 14.4. The number of benzene rings is 1. The molecule has 1 saturated heterocycles. The first-order valence-electron chi connectivity index (χ1n) is 6.02. The Hall–Kier alpha value is -1.03. The van der Waals surface area contributed by atoms with Crippen LogP contribution in [0.25, 0.3) is 6.08 Å². The number of hydrogen-bond acceptors (Lipinski definition) is 2. The van der Waals surface area contributed by atoms with Gasteiger partial charge >= 0.3 is 0 Å². The molecule has 0 aliphatic carbocycles. The van der Waals surface area contributed by atoms with Crippen molar-refractivity contribution in [2.75, 3.05) is 13.1 Å². The van der Waals surface area contributed by atoms with Gasteiger partial charge in [0.2, 0.25) is 5.91 Å². The number of hydrogen-bond donors (Lipinski definition) is 1. The highest BCUT2D eigenvalue weighted by Gasteiger charge is 2.32. The predicted octanol–water partition coefficient (Wildman–Crippen LogP) is 2.99. The van der Waals surface area contributed by atoms with E-state index in [0.29, 0.717) is 29.6 Å². The molecule has 0 aromatic heterocycles. The SMILES string of the molecule is CC1(O)CCN(C(=O)/C=C/c2ccc(Cl)cc2Cl)C1. The molecule has 3 nitrogen and oxygen atoms in total. The molecule has 1 unspecified atom stereocenters. The van der Waals surface area contributed by atoms with E-state index >= 15 is 0 Å². The minimum Gasteiger partial charge on any atom is -0.388 e. The molecule has 1 atom stereocenters. The molecule has 1 aromatic carbocycles. The molecular formula is C14H15Cl2NO2. The number of aliphatic hydroxyl groups is 1. The predicted molar refractivity (Wildman–Crippen MR) is 77.3 cm³/mol. The second-order valence-electron chi connectivity index (χ2n) is 5.01. The Kier molecular flexibility index (Phi) is 4.19. The lowest BCUT2D eigenvalue weighted by atomic mass is 10.1. The van der Waals surface area contributed by atoms with Crippen LogP contribution >= 0.6 is 23.2 Å². The monoisotopic (exact) mass is 299 g/mol. The average molecular weight is 300 g/mol. The van der Waals surface area contributed by atoms with Crippen molar-refractivity contribution >= 4 is 35.2 Å². The van der Waals surface area contributed by atoms with Crippen LogP contribution in [0.15, 0.2) is 24.3 Å². The number of likely N-dealkylation sites (tertiary alicyclic amines) is 1. The average Bonchev–Trinajstić information content (AvgIpc) is 2.68. The summed E-state index contributed by atoms with van der Waals surface area (Å²) < 4.78 is 0. The third-order valence-electron chi connectivity index (χ3n) is 3.13. The number of carbonyl (C=O) groups is 1. The van der Waals surface area contributed by atoms with Crippen molar-refractivity contribution in [3.8, 4) is 0 Å². The molecule has 1 aliphatic rings. The number of carbonyl (C=O) groups excluding carboxylic acids is 1. The van der Waals surface area contributed by atoms with Crippen LogP contribution < -0.4 is 0 Å². The second kappa shape index (κ2) is 5.53. The molecule has 0 radical (unpaired) electrons. The largest absolute Gasteiger partial charge is 0.388 e. The molecule has 2 rings (SSSR count). The van der Waals surface area contributed by atoms with Gasteiger partial charge in [0, 0.05) is 29.2 Å². The van der Waals surface area contributed by atoms with Gasteiger partial charge in [-0.3, -0.25) is 4.79 Å². The van der Waals surface area contributed by atoms with Crippen molar-refractivity contribution in [2.45, 2.75) is 18.9 Å². The molecule has 1 amide bonds. The van der Waals surface area contributed by atoms with Gasteiger partial charge in [0.25, 0.3) is 0 Å². The van der Waals surface area contributed by atoms with Gasteiger partial charge in [0.1, 0.15) is 0 Å². The van der Waals surface area contributed by atoms with Crippen LogP contribution in [0.1, 0.15) is 18.9 Å². The Morgan fingerprint density at radius 1 is 1.47 bits per heavy atom. The summed E-state index contributed by atoms with van der Waals surface area (Å²) >= 11 is 11.8. The standard InChI is InChI=1S/C14H15Cl2NO2/c1-14(19)6-7-17(9-14)13(18)5-3-10-2-4-11(15)8-12(10)16/h2-5,8,19H,6-7,9H2,1H3/b5-3+. The van der Waals surface area contributed by atoms with Gasteiger partial charge in [-0.1, -0.05) is 29.3 Å². The van der Waals surface area contributed by atoms with E-state index in [0.717, 1.165) is 5.56 Å². The Bertz CT molecular complexity index is 526. The van der Waals surface area contributed by atoms with E-state index in [1.165, 1.54) is 6.08 Å². The highest BCUT2D eigenvalue weighted by Crippen LogP contribution is 2.23. The third-order valence-corrected chi connectivity index (χ3v) is 3.69. The van der Waals surface area contributed by atoms with Gasteiger partial charge < -0.3 is 10.0 Å². The number of β-amino-alcohol motifs (C(OH)–C–C–N with tert-alkyl or cyclic N) is 1. The molecule has 19 heavy (non-hydrogen) atoms. The summed E-state index contributed by atoms with van der Waals surface area (Å²) in [7, 11) is 0. The van der Waals surface area contributed by atoms with Crippen LogP contribution in [-0.2, 0) is 4.79 Å². The van der Waals surface area contributed by atoms with E-state index in [4.69, 9.17) is 23.2 Å². The van der Waals surface area contributed by atoms with Gasteiger partial charge in [-0.15, -0.1) is 0 Å². The van der Waals surface area contributed by atoms with Crippen LogP contribution in [0, 0.1) is 0 Å². The zero-order chi connectivity index (χ0) is 14.0. The fraction of sp³-hybridized carbons (Fsp3) is 0.357. The van der Waals surface area contributed by atoms with Crippen LogP contribution in [0.4, 0.5) is 0 Å². The Morgan fingerprint density at radius 3 is 2.79 bits per heavy atom. The van der Waals surface area contributed by atoms with E-state index in [1.807, 2.05) is 0 Å². The normalized spacial score (nSPS) is 23.3. The molecule has 1 N–H and O–H groups in total. The Labute approximate surface area is 122 Å². The summed E-state index contributed by atoms with van der Waals surface area (Å²) in [6.45, 7) is 2.68.